The van der Waals surface area contributed by atoms with Gasteiger partial charge in [-0.25, -0.2) is 8.42 Å². The molecular formula is C23H27N5O4S. The maximum atomic E-state index is 12.7. The predicted octanol–water partition coefficient (Wildman–Crippen LogP) is 1.20. The van der Waals surface area contributed by atoms with Crippen molar-refractivity contribution in [3.63, 3.8) is 0 Å². The van der Waals surface area contributed by atoms with E-state index in [1.165, 1.54) is 19.2 Å². The van der Waals surface area contributed by atoms with E-state index in [0.29, 0.717) is 6.54 Å². The Hall–Kier alpha value is -3.26. The number of amidine groups is 1. The lowest BCUT2D eigenvalue weighted by Crippen LogP contribution is -2.33. The Morgan fingerprint density at radius 3 is 2.58 bits per heavy atom. The molecule has 0 aromatic heterocycles. The Morgan fingerprint density at radius 1 is 1.18 bits per heavy atom. The van der Waals surface area contributed by atoms with Gasteiger partial charge in [0, 0.05) is 39.3 Å². The fourth-order valence-electron chi connectivity index (χ4n) is 3.26. The summed E-state index contributed by atoms with van der Waals surface area (Å²) in [7, 11) is -0.721. The molecule has 1 aliphatic heterocycles. The molecule has 0 spiro atoms. The first-order valence-electron chi connectivity index (χ1n) is 10.5. The minimum absolute atomic E-state index is 0.0485. The van der Waals surface area contributed by atoms with E-state index in [1.807, 2.05) is 30.3 Å². The molecular weight excluding hydrogens is 442 g/mol. The number of hydrogen-bond acceptors (Lipinski definition) is 7. The molecule has 9 nitrogen and oxygen atoms in total. The molecule has 0 bridgehead atoms. The Kier molecular flexibility index (Phi) is 8.16. The van der Waals surface area contributed by atoms with Gasteiger partial charge in [0.15, 0.2) is 0 Å². The van der Waals surface area contributed by atoms with Crippen LogP contribution < -0.4 is 5.32 Å². The van der Waals surface area contributed by atoms with Gasteiger partial charge in [-0.1, -0.05) is 36.4 Å². The Labute approximate surface area is 194 Å². The Bertz CT molecular complexity index is 1160. The van der Waals surface area contributed by atoms with Crippen molar-refractivity contribution in [2.75, 3.05) is 46.9 Å². The molecule has 0 atom stereocenters. The zero-order valence-electron chi connectivity index (χ0n) is 18.7. The number of amides is 1. The lowest BCUT2D eigenvalue weighted by molar-refractivity contribution is -0.135. The highest BCUT2D eigenvalue weighted by atomic mass is 32.2. The van der Waals surface area contributed by atoms with E-state index in [4.69, 9.17) is 10.00 Å². The van der Waals surface area contributed by atoms with Gasteiger partial charge in [-0.2, -0.15) is 9.57 Å². The van der Waals surface area contributed by atoms with Crippen molar-refractivity contribution >= 4 is 21.8 Å². The fraction of sp³-hybridized carbons (Fsp3) is 0.348. The highest BCUT2D eigenvalue weighted by molar-refractivity contribution is 7.89. The van der Waals surface area contributed by atoms with Crippen LogP contribution in [-0.4, -0.2) is 76.3 Å². The fourth-order valence-corrected chi connectivity index (χ4v) is 4.55. The van der Waals surface area contributed by atoms with Crippen LogP contribution in [0.5, 0.6) is 0 Å². The van der Waals surface area contributed by atoms with Crippen LogP contribution >= 0.6 is 0 Å². The van der Waals surface area contributed by atoms with Gasteiger partial charge in [0.05, 0.1) is 23.6 Å². The first kappa shape index (κ1) is 24.4. The number of benzene rings is 2. The molecule has 0 aliphatic carbocycles. The molecule has 1 heterocycles. The molecule has 0 unspecified atom stereocenters. The normalized spacial score (nSPS) is 13.3. The van der Waals surface area contributed by atoms with Gasteiger partial charge in [0.2, 0.25) is 15.9 Å². The maximum Gasteiger partial charge on any atom is 0.248 e. The summed E-state index contributed by atoms with van der Waals surface area (Å²) in [4.78, 5) is 18.3. The number of carbonyl (C=O) groups is 1. The first-order valence-corrected chi connectivity index (χ1v) is 11.9. The lowest BCUT2D eigenvalue weighted by Gasteiger charge is -2.19. The molecule has 174 valence electrons. The van der Waals surface area contributed by atoms with Gasteiger partial charge in [-0.15, -0.1) is 0 Å². The third-order valence-electron chi connectivity index (χ3n) is 5.22. The molecule has 1 aliphatic rings. The van der Waals surface area contributed by atoms with Crippen LogP contribution in [-0.2, 0) is 26.1 Å². The standard InChI is InChI=1S/C23H27N5O4S/c1-27(16-18-7-9-19(10-8-18)23-25-11-12-26-23)22(29)17-32-14-13-28(2)33(30,31)21-6-4-3-5-20(21)15-24/h3-10H,11-14,16-17H2,1-2H3,(H,25,26). The molecule has 1 N–H and O–H groups in total. The minimum Gasteiger partial charge on any atom is -0.370 e. The van der Waals surface area contributed by atoms with Crippen LogP contribution in [0, 0.1) is 11.3 Å². The van der Waals surface area contributed by atoms with Crippen molar-refractivity contribution in [3.8, 4) is 6.07 Å². The van der Waals surface area contributed by atoms with Crippen LogP contribution in [0.1, 0.15) is 16.7 Å². The number of carbonyl (C=O) groups excluding carboxylic acids is 1. The summed E-state index contributed by atoms with van der Waals surface area (Å²) in [6.07, 6.45) is 0. The van der Waals surface area contributed by atoms with Crippen LogP contribution in [0.2, 0.25) is 0 Å². The summed E-state index contributed by atoms with van der Waals surface area (Å²) in [6.45, 7) is 2.01. The predicted molar refractivity (Wildman–Crippen MR) is 124 cm³/mol. The van der Waals surface area contributed by atoms with Crippen molar-refractivity contribution in [2.24, 2.45) is 4.99 Å². The number of likely N-dealkylation sites (N-methyl/N-ethyl adjacent to an activating group) is 2. The zero-order valence-corrected chi connectivity index (χ0v) is 19.5. The van der Waals surface area contributed by atoms with Crippen molar-refractivity contribution in [1.29, 1.82) is 5.26 Å². The Morgan fingerprint density at radius 2 is 1.91 bits per heavy atom. The molecule has 2 aromatic rings. The minimum atomic E-state index is -3.83. The molecule has 2 aromatic carbocycles. The number of rotatable bonds is 10. The van der Waals surface area contributed by atoms with Crippen molar-refractivity contribution in [1.82, 2.24) is 14.5 Å². The first-order chi connectivity index (χ1) is 15.8. The smallest absolute Gasteiger partial charge is 0.248 e. The van der Waals surface area contributed by atoms with E-state index in [-0.39, 0.29) is 36.1 Å². The van der Waals surface area contributed by atoms with E-state index in [9.17, 15) is 13.2 Å². The number of nitrogens with one attached hydrogen (secondary N) is 1. The summed E-state index contributed by atoms with van der Waals surface area (Å²) in [6, 6.07) is 15.8. The molecule has 3 rings (SSSR count). The lowest BCUT2D eigenvalue weighted by atomic mass is 10.1. The van der Waals surface area contributed by atoms with Crippen molar-refractivity contribution < 1.29 is 17.9 Å². The van der Waals surface area contributed by atoms with Gasteiger partial charge < -0.3 is 15.0 Å². The maximum absolute atomic E-state index is 12.7. The molecule has 0 fully saturated rings. The van der Waals surface area contributed by atoms with Crippen molar-refractivity contribution in [2.45, 2.75) is 11.4 Å². The molecule has 0 saturated carbocycles. The number of hydrogen-bond donors (Lipinski definition) is 1. The second-order valence-electron chi connectivity index (χ2n) is 7.59. The topological polar surface area (TPSA) is 115 Å². The molecule has 33 heavy (non-hydrogen) atoms. The average Bonchev–Trinajstić information content (AvgIpc) is 3.37. The molecule has 0 saturated heterocycles. The van der Waals surface area contributed by atoms with Gasteiger partial charge in [-0.3, -0.25) is 9.79 Å². The Balaban J connectivity index is 1.44. The van der Waals surface area contributed by atoms with Crippen LogP contribution in [0.15, 0.2) is 58.4 Å². The van der Waals surface area contributed by atoms with E-state index in [0.717, 1.165) is 34.4 Å². The monoisotopic (exact) mass is 469 g/mol. The number of nitrogens with zero attached hydrogens (tertiary/aromatic N) is 4. The highest BCUT2D eigenvalue weighted by Crippen LogP contribution is 2.18. The summed E-state index contributed by atoms with van der Waals surface area (Å²) in [5.41, 5.74) is 2.09. The quantitative estimate of drug-likeness (QED) is 0.523. The second-order valence-corrected chi connectivity index (χ2v) is 9.60. The van der Waals surface area contributed by atoms with Gasteiger partial charge in [-0.05, 0) is 17.7 Å². The number of aliphatic imine (C=N–C) groups is 1. The summed E-state index contributed by atoms with van der Waals surface area (Å²) >= 11 is 0. The van der Waals surface area contributed by atoms with E-state index >= 15 is 0 Å². The summed E-state index contributed by atoms with van der Waals surface area (Å²) < 4.78 is 31.9. The van der Waals surface area contributed by atoms with Gasteiger partial charge in [0.1, 0.15) is 18.5 Å². The van der Waals surface area contributed by atoms with Gasteiger partial charge >= 0.3 is 0 Å². The summed E-state index contributed by atoms with van der Waals surface area (Å²) in [5.74, 6) is 0.684. The number of ether oxygens (including phenoxy) is 1. The van der Waals surface area contributed by atoms with E-state index in [2.05, 4.69) is 10.3 Å². The zero-order chi connectivity index (χ0) is 23.8. The summed E-state index contributed by atoms with van der Waals surface area (Å²) in [5, 5.41) is 12.4. The SMILES string of the molecule is CN(Cc1ccc(C2=NCCN2)cc1)C(=O)COCCN(C)S(=O)(=O)c1ccccc1C#N. The van der Waals surface area contributed by atoms with Crippen molar-refractivity contribution in [3.05, 3.63) is 65.2 Å². The van der Waals surface area contributed by atoms with E-state index in [1.54, 1.807) is 24.1 Å². The third kappa shape index (κ3) is 6.16. The third-order valence-corrected chi connectivity index (χ3v) is 7.13. The second kappa shape index (κ2) is 11.0. The molecule has 1 amide bonds. The largest absolute Gasteiger partial charge is 0.370 e. The van der Waals surface area contributed by atoms with Crippen LogP contribution in [0.4, 0.5) is 0 Å². The van der Waals surface area contributed by atoms with Crippen LogP contribution in [0.3, 0.4) is 0 Å². The van der Waals surface area contributed by atoms with E-state index < -0.39 is 10.0 Å². The van der Waals surface area contributed by atoms with Gasteiger partial charge in [0.25, 0.3) is 0 Å². The highest BCUT2D eigenvalue weighted by Gasteiger charge is 2.23. The average molecular weight is 470 g/mol. The number of sulfonamides is 1. The molecule has 10 heteroatoms. The number of nitriles is 1. The van der Waals surface area contributed by atoms with Crippen LogP contribution in [0.25, 0.3) is 0 Å². The molecule has 0 radical (unpaired) electrons.